The van der Waals surface area contributed by atoms with E-state index in [0.29, 0.717) is 6.42 Å². The Balaban J connectivity index is 2.81. The van der Waals surface area contributed by atoms with Crippen molar-refractivity contribution in [1.29, 1.82) is 0 Å². The van der Waals surface area contributed by atoms with Crippen LogP contribution in [-0.2, 0) is 0 Å². The van der Waals surface area contributed by atoms with E-state index in [9.17, 15) is 18.7 Å². The van der Waals surface area contributed by atoms with Gasteiger partial charge in [-0.25, -0.2) is 8.78 Å². The molecule has 0 radical (unpaired) electrons. The van der Waals surface area contributed by atoms with E-state index in [2.05, 4.69) is 5.32 Å². The maximum Gasteiger partial charge on any atom is 0.257 e. The Bertz CT molecular complexity index is 502. The number of nitrogens with two attached hydrogens (primary N) is 1. The Hall–Kier alpha value is -1.69. The van der Waals surface area contributed by atoms with Crippen molar-refractivity contribution in [1.82, 2.24) is 5.32 Å². The van der Waals surface area contributed by atoms with Gasteiger partial charge in [-0.1, -0.05) is 13.8 Å². The van der Waals surface area contributed by atoms with Gasteiger partial charge in [0.05, 0.1) is 11.3 Å². The monoisotopic (exact) mass is 286 g/mol. The van der Waals surface area contributed by atoms with E-state index in [4.69, 9.17) is 5.73 Å². The molecule has 1 aromatic carbocycles. The van der Waals surface area contributed by atoms with Crippen LogP contribution in [0.25, 0.3) is 0 Å². The van der Waals surface area contributed by atoms with Gasteiger partial charge in [0.1, 0.15) is 11.4 Å². The van der Waals surface area contributed by atoms with Gasteiger partial charge in [-0.2, -0.15) is 0 Å². The molecular formula is C14H20F2N2O2. The van der Waals surface area contributed by atoms with Crippen LogP contribution in [0.2, 0.25) is 0 Å². The number of nitrogens with one attached hydrogen (secondary N) is 1. The molecule has 0 aromatic heterocycles. The smallest absolute Gasteiger partial charge is 0.257 e. The van der Waals surface area contributed by atoms with E-state index in [1.54, 1.807) is 6.92 Å². The number of aliphatic hydroxyl groups is 1. The van der Waals surface area contributed by atoms with Gasteiger partial charge in [-0.3, -0.25) is 4.79 Å². The maximum absolute atomic E-state index is 13.7. The number of carbonyl (C=O) groups is 1. The molecule has 1 atom stereocenters. The summed E-state index contributed by atoms with van der Waals surface area (Å²) in [5.74, 6) is -2.79. The molecule has 1 aromatic rings. The molecular weight excluding hydrogens is 266 g/mol. The fraction of sp³-hybridized carbons (Fsp3) is 0.500. The number of hydrogen-bond donors (Lipinski definition) is 3. The van der Waals surface area contributed by atoms with E-state index in [1.165, 1.54) is 0 Å². The predicted molar refractivity (Wildman–Crippen MR) is 73.2 cm³/mol. The highest BCUT2D eigenvalue weighted by molar-refractivity contribution is 5.95. The van der Waals surface area contributed by atoms with Gasteiger partial charge in [0.25, 0.3) is 5.91 Å². The Morgan fingerprint density at radius 3 is 2.60 bits per heavy atom. The molecule has 1 amide bonds. The lowest BCUT2D eigenvalue weighted by atomic mass is 9.94. The van der Waals surface area contributed by atoms with Crippen molar-refractivity contribution in [3.63, 3.8) is 0 Å². The third-order valence-corrected chi connectivity index (χ3v) is 2.83. The molecule has 0 fully saturated rings. The first-order valence-corrected chi connectivity index (χ1v) is 6.38. The van der Waals surface area contributed by atoms with Gasteiger partial charge in [0.15, 0.2) is 5.82 Å². The second-order valence-electron chi connectivity index (χ2n) is 5.60. The van der Waals surface area contributed by atoms with Gasteiger partial charge in [0, 0.05) is 6.54 Å². The Morgan fingerprint density at radius 1 is 1.45 bits per heavy atom. The molecule has 20 heavy (non-hydrogen) atoms. The van der Waals surface area contributed by atoms with E-state index < -0.39 is 28.7 Å². The lowest BCUT2D eigenvalue weighted by Gasteiger charge is -2.25. The third kappa shape index (κ3) is 4.16. The van der Waals surface area contributed by atoms with Crippen LogP contribution < -0.4 is 11.1 Å². The van der Waals surface area contributed by atoms with Crippen molar-refractivity contribution < 1.29 is 18.7 Å². The molecule has 4 nitrogen and oxygen atoms in total. The highest BCUT2D eigenvalue weighted by Crippen LogP contribution is 2.19. The lowest BCUT2D eigenvalue weighted by Crippen LogP contribution is -2.42. The molecule has 0 saturated heterocycles. The van der Waals surface area contributed by atoms with Crippen molar-refractivity contribution >= 4 is 11.6 Å². The first-order valence-electron chi connectivity index (χ1n) is 6.38. The van der Waals surface area contributed by atoms with Crippen LogP contribution in [0.5, 0.6) is 0 Å². The lowest BCUT2D eigenvalue weighted by molar-refractivity contribution is 0.0367. The minimum absolute atomic E-state index is 0.0995. The topological polar surface area (TPSA) is 75.3 Å². The number of amides is 1. The number of halogens is 2. The predicted octanol–water partition coefficient (Wildman–Crippen LogP) is 2.07. The molecule has 6 heteroatoms. The summed E-state index contributed by atoms with van der Waals surface area (Å²) >= 11 is 0. The molecule has 0 aliphatic carbocycles. The van der Waals surface area contributed by atoms with Crippen LogP contribution in [0.4, 0.5) is 14.5 Å². The molecule has 1 rings (SSSR count). The number of rotatable bonds is 5. The van der Waals surface area contributed by atoms with Crippen molar-refractivity contribution in [3.8, 4) is 0 Å². The van der Waals surface area contributed by atoms with Crippen LogP contribution in [0, 0.1) is 17.6 Å². The van der Waals surface area contributed by atoms with Gasteiger partial charge in [-0.05, 0) is 31.4 Å². The molecule has 0 spiro atoms. The number of anilines is 1. The second kappa shape index (κ2) is 6.17. The highest BCUT2D eigenvalue weighted by atomic mass is 19.1. The molecule has 112 valence electrons. The molecule has 1 unspecified atom stereocenters. The molecule has 0 saturated carbocycles. The van der Waals surface area contributed by atoms with Crippen LogP contribution in [0.15, 0.2) is 12.1 Å². The summed E-state index contributed by atoms with van der Waals surface area (Å²) in [6.07, 6.45) is 0.454. The first-order chi connectivity index (χ1) is 9.14. The summed E-state index contributed by atoms with van der Waals surface area (Å²) in [5, 5.41) is 12.4. The average molecular weight is 286 g/mol. The zero-order valence-corrected chi connectivity index (χ0v) is 11.8. The zero-order valence-electron chi connectivity index (χ0n) is 11.8. The Kier molecular flexibility index (Phi) is 5.05. The van der Waals surface area contributed by atoms with Crippen molar-refractivity contribution in [2.75, 3.05) is 12.3 Å². The summed E-state index contributed by atoms with van der Waals surface area (Å²) in [6, 6.07) is 1.98. The molecule has 0 heterocycles. The molecule has 0 bridgehead atoms. The van der Waals surface area contributed by atoms with Crippen molar-refractivity contribution in [2.24, 2.45) is 5.92 Å². The summed E-state index contributed by atoms with van der Waals surface area (Å²) in [6.45, 7) is 5.30. The maximum atomic E-state index is 13.7. The third-order valence-electron chi connectivity index (χ3n) is 2.83. The van der Waals surface area contributed by atoms with E-state index in [-0.39, 0.29) is 18.2 Å². The fourth-order valence-electron chi connectivity index (χ4n) is 2.09. The zero-order chi connectivity index (χ0) is 15.5. The van der Waals surface area contributed by atoms with Gasteiger partial charge >= 0.3 is 0 Å². The van der Waals surface area contributed by atoms with E-state index in [0.717, 1.165) is 12.1 Å². The Morgan fingerprint density at radius 2 is 2.05 bits per heavy atom. The molecule has 0 aliphatic heterocycles. The van der Waals surface area contributed by atoms with E-state index in [1.807, 2.05) is 13.8 Å². The SMILES string of the molecule is CC(C)CC(C)(O)CNC(=O)c1c(F)ccc(N)c1F. The minimum atomic E-state index is -1.14. The molecule has 4 N–H and O–H groups in total. The van der Waals surface area contributed by atoms with Crippen LogP contribution in [-0.4, -0.2) is 23.2 Å². The van der Waals surface area contributed by atoms with Crippen LogP contribution >= 0.6 is 0 Å². The van der Waals surface area contributed by atoms with Crippen molar-refractivity contribution in [2.45, 2.75) is 32.8 Å². The van der Waals surface area contributed by atoms with Gasteiger partial charge in [0.2, 0.25) is 0 Å². The summed E-state index contributed by atoms with van der Waals surface area (Å²) in [5.41, 5.74) is 3.13. The standard InChI is InChI=1S/C14H20F2N2O2/c1-8(2)6-14(3,20)7-18-13(19)11-9(15)4-5-10(17)12(11)16/h4-5,8,20H,6-7,17H2,1-3H3,(H,18,19). The van der Waals surface area contributed by atoms with Gasteiger partial charge < -0.3 is 16.2 Å². The number of carbonyl (C=O) groups excluding carboxylic acids is 1. The summed E-state index contributed by atoms with van der Waals surface area (Å²) in [7, 11) is 0. The minimum Gasteiger partial charge on any atom is -0.396 e. The average Bonchev–Trinajstić information content (AvgIpc) is 2.30. The molecule has 0 aliphatic rings. The Labute approximate surface area is 117 Å². The highest BCUT2D eigenvalue weighted by Gasteiger charge is 2.25. The largest absolute Gasteiger partial charge is 0.396 e. The summed E-state index contributed by atoms with van der Waals surface area (Å²) in [4.78, 5) is 11.8. The summed E-state index contributed by atoms with van der Waals surface area (Å²) < 4.78 is 27.1. The number of nitrogen functional groups attached to an aromatic ring is 1. The number of benzene rings is 1. The number of hydrogen-bond acceptors (Lipinski definition) is 3. The second-order valence-corrected chi connectivity index (χ2v) is 5.60. The van der Waals surface area contributed by atoms with Crippen molar-refractivity contribution in [3.05, 3.63) is 29.3 Å². The quantitative estimate of drug-likeness (QED) is 0.725. The van der Waals surface area contributed by atoms with Crippen LogP contribution in [0.3, 0.4) is 0 Å². The fourth-order valence-corrected chi connectivity index (χ4v) is 2.09. The normalized spacial score (nSPS) is 14.2. The van der Waals surface area contributed by atoms with E-state index >= 15 is 0 Å². The van der Waals surface area contributed by atoms with Crippen LogP contribution in [0.1, 0.15) is 37.6 Å². The van der Waals surface area contributed by atoms with Gasteiger partial charge in [-0.15, -0.1) is 0 Å². The first kappa shape index (κ1) is 16.4.